The number of ether oxygens (including phenoxy) is 2. The van der Waals surface area contributed by atoms with E-state index >= 15 is 0 Å². The molecule has 0 unspecified atom stereocenters. The molecule has 0 aliphatic carbocycles. The number of fused-ring (bicyclic) bond motifs is 1. The highest BCUT2D eigenvalue weighted by Crippen LogP contribution is 2.35. The van der Waals surface area contributed by atoms with Crippen molar-refractivity contribution in [1.29, 1.82) is 0 Å². The lowest BCUT2D eigenvalue weighted by molar-refractivity contribution is -0.385. The van der Waals surface area contributed by atoms with Crippen molar-refractivity contribution in [2.24, 2.45) is 0 Å². The number of rotatable bonds is 7. The summed E-state index contributed by atoms with van der Waals surface area (Å²) in [5.41, 5.74) is 0.835. The normalized spacial score (nSPS) is 10.9. The van der Waals surface area contributed by atoms with Crippen molar-refractivity contribution in [3.63, 3.8) is 0 Å². The number of benzene rings is 2. The molecule has 0 aliphatic heterocycles. The molecule has 0 saturated carbocycles. The van der Waals surface area contributed by atoms with Crippen molar-refractivity contribution >= 4 is 28.4 Å². The third-order valence-electron chi connectivity index (χ3n) is 5.63. The Morgan fingerprint density at radius 2 is 1.76 bits per heavy atom. The van der Waals surface area contributed by atoms with Gasteiger partial charge in [0.1, 0.15) is 23.5 Å². The molecule has 3 heterocycles. The Bertz CT molecular complexity index is 1700. The Morgan fingerprint density at radius 3 is 2.45 bits per heavy atom. The minimum atomic E-state index is -0.772. The van der Waals surface area contributed by atoms with E-state index in [2.05, 4.69) is 25.5 Å². The number of halogens is 1. The lowest BCUT2D eigenvalue weighted by Crippen LogP contribution is -2.17. The number of aromatic nitrogens is 6. The quantitative estimate of drug-likeness (QED) is 0.251. The zero-order chi connectivity index (χ0) is 27.0. The van der Waals surface area contributed by atoms with Crippen LogP contribution < -0.4 is 14.8 Å². The zero-order valence-corrected chi connectivity index (χ0v) is 20.2. The van der Waals surface area contributed by atoms with Gasteiger partial charge >= 0.3 is 0 Å². The van der Waals surface area contributed by atoms with Gasteiger partial charge in [0.05, 0.1) is 48.2 Å². The van der Waals surface area contributed by atoms with Gasteiger partial charge in [-0.05, 0) is 31.2 Å². The van der Waals surface area contributed by atoms with Gasteiger partial charge in [-0.3, -0.25) is 14.9 Å². The molecule has 1 amide bonds. The summed E-state index contributed by atoms with van der Waals surface area (Å²) in [6.45, 7) is 1.71. The van der Waals surface area contributed by atoms with Gasteiger partial charge in [-0.1, -0.05) is 0 Å². The summed E-state index contributed by atoms with van der Waals surface area (Å²) in [6, 6.07) is 9.67. The highest BCUT2D eigenvalue weighted by molar-refractivity contribution is 6.07. The molecule has 0 fully saturated rings. The van der Waals surface area contributed by atoms with E-state index in [0.29, 0.717) is 28.2 Å². The van der Waals surface area contributed by atoms with Gasteiger partial charge in [-0.15, -0.1) is 0 Å². The molecule has 5 rings (SSSR count). The molecule has 3 aromatic heterocycles. The number of methoxy groups -OCH3 is 2. The Labute approximate surface area is 213 Å². The van der Waals surface area contributed by atoms with Crippen molar-refractivity contribution in [3.8, 4) is 23.0 Å². The van der Waals surface area contributed by atoms with E-state index in [1.165, 1.54) is 54.3 Å². The SMILES string of the molecule is COc1cc(C(=O)Nc2cc(C)nn2-c2ncnc3c2cnn3-c2ccc(F)cc2)c([N+](=O)[O-])cc1OC. The number of nitro benzene ring substituents is 1. The number of anilines is 1. The van der Waals surface area contributed by atoms with Crippen LogP contribution in [0.1, 0.15) is 16.1 Å². The number of nitrogens with one attached hydrogen (secondary N) is 1. The summed E-state index contributed by atoms with van der Waals surface area (Å²) in [5, 5.41) is 23.6. The van der Waals surface area contributed by atoms with E-state index in [-0.39, 0.29) is 28.7 Å². The third kappa shape index (κ3) is 4.23. The summed E-state index contributed by atoms with van der Waals surface area (Å²) >= 11 is 0. The average molecular weight is 518 g/mol. The number of nitro groups is 1. The van der Waals surface area contributed by atoms with Crippen LogP contribution in [0, 0.1) is 22.9 Å². The topological polar surface area (TPSA) is 152 Å². The number of amides is 1. The van der Waals surface area contributed by atoms with Crippen LogP contribution in [0.3, 0.4) is 0 Å². The van der Waals surface area contributed by atoms with Gasteiger partial charge in [0.15, 0.2) is 23.0 Å². The van der Waals surface area contributed by atoms with Gasteiger partial charge in [-0.25, -0.2) is 19.0 Å². The Morgan fingerprint density at radius 1 is 1.05 bits per heavy atom. The average Bonchev–Trinajstić information content (AvgIpc) is 3.51. The fourth-order valence-electron chi connectivity index (χ4n) is 3.91. The lowest BCUT2D eigenvalue weighted by atomic mass is 10.1. The summed E-state index contributed by atoms with van der Waals surface area (Å²) < 4.78 is 26.6. The Hall–Kier alpha value is -5.40. The largest absolute Gasteiger partial charge is 0.493 e. The number of aryl methyl sites for hydroxylation is 1. The number of hydrogen-bond donors (Lipinski definition) is 1. The van der Waals surface area contributed by atoms with Gasteiger partial charge in [0, 0.05) is 12.1 Å². The molecule has 0 bridgehead atoms. The monoisotopic (exact) mass is 518 g/mol. The number of hydrogen-bond acceptors (Lipinski definition) is 9. The van der Waals surface area contributed by atoms with Gasteiger partial charge in [-0.2, -0.15) is 14.9 Å². The van der Waals surface area contributed by atoms with E-state index in [1.807, 2.05) is 0 Å². The fourth-order valence-corrected chi connectivity index (χ4v) is 3.91. The minimum Gasteiger partial charge on any atom is -0.493 e. The number of nitrogens with zero attached hydrogens (tertiary/aromatic N) is 7. The zero-order valence-electron chi connectivity index (χ0n) is 20.2. The van der Waals surface area contributed by atoms with Gasteiger partial charge < -0.3 is 14.8 Å². The van der Waals surface area contributed by atoms with E-state index in [9.17, 15) is 19.3 Å². The van der Waals surface area contributed by atoms with E-state index < -0.39 is 16.5 Å². The van der Waals surface area contributed by atoms with E-state index in [4.69, 9.17) is 9.47 Å². The van der Waals surface area contributed by atoms with E-state index in [1.54, 1.807) is 25.1 Å². The van der Waals surface area contributed by atoms with E-state index in [0.717, 1.165) is 6.07 Å². The van der Waals surface area contributed by atoms with Crippen LogP contribution in [0.5, 0.6) is 11.5 Å². The lowest BCUT2D eigenvalue weighted by Gasteiger charge is -2.12. The highest BCUT2D eigenvalue weighted by Gasteiger charge is 2.26. The van der Waals surface area contributed by atoms with Crippen LogP contribution in [0.2, 0.25) is 0 Å². The predicted molar refractivity (Wildman–Crippen MR) is 133 cm³/mol. The highest BCUT2D eigenvalue weighted by atomic mass is 19.1. The first-order valence-electron chi connectivity index (χ1n) is 11.0. The predicted octanol–water partition coefficient (Wildman–Crippen LogP) is 3.63. The maximum atomic E-state index is 13.4. The molecule has 0 radical (unpaired) electrons. The summed E-state index contributed by atoms with van der Waals surface area (Å²) in [6.07, 6.45) is 2.83. The molecular formula is C24H19FN8O5. The van der Waals surface area contributed by atoms with Crippen LogP contribution >= 0.6 is 0 Å². The number of carbonyl (C=O) groups excluding carboxylic acids is 1. The second-order valence-electron chi connectivity index (χ2n) is 7.99. The molecular weight excluding hydrogens is 499 g/mol. The summed E-state index contributed by atoms with van der Waals surface area (Å²) in [5.74, 6) is -0.398. The molecule has 0 atom stereocenters. The van der Waals surface area contributed by atoms with Crippen molar-refractivity contribution in [3.05, 3.63) is 82.2 Å². The Kier molecular flexibility index (Phi) is 6.12. The van der Waals surface area contributed by atoms with Crippen LogP contribution in [0.4, 0.5) is 15.9 Å². The molecule has 13 nitrogen and oxygen atoms in total. The second kappa shape index (κ2) is 9.57. The maximum Gasteiger partial charge on any atom is 0.286 e. The first-order chi connectivity index (χ1) is 18.3. The first kappa shape index (κ1) is 24.3. The van der Waals surface area contributed by atoms with Crippen molar-refractivity contribution in [1.82, 2.24) is 29.5 Å². The van der Waals surface area contributed by atoms with Crippen LogP contribution in [0.25, 0.3) is 22.5 Å². The fraction of sp³-hybridized carbons (Fsp3) is 0.125. The van der Waals surface area contributed by atoms with Crippen molar-refractivity contribution in [2.75, 3.05) is 19.5 Å². The third-order valence-corrected chi connectivity index (χ3v) is 5.63. The molecule has 38 heavy (non-hydrogen) atoms. The van der Waals surface area contributed by atoms with Crippen LogP contribution in [-0.2, 0) is 0 Å². The summed E-state index contributed by atoms with van der Waals surface area (Å²) in [7, 11) is 2.69. The first-order valence-corrected chi connectivity index (χ1v) is 11.0. The van der Waals surface area contributed by atoms with Crippen molar-refractivity contribution < 1.29 is 23.6 Å². The maximum absolute atomic E-state index is 13.4. The second-order valence-corrected chi connectivity index (χ2v) is 7.99. The number of carbonyl (C=O) groups is 1. The molecule has 192 valence electrons. The Balaban J connectivity index is 1.56. The molecule has 0 saturated heterocycles. The molecule has 2 aromatic carbocycles. The van der Waals surface area contributed by atoms with Gasteiger partial charge in [0.25, 0.3) is 11.6 Å². The molecule has 0 aliphatic rings. The van der Waals surface area contributed by atoms with Crippen LogP contribution in [0.15, 0.2) is 55.0 Å². The van der Waals surface area contributed by atoms with Crippen molar-refractivity contribution in [2.45, 2.75) is 6.92 Å². The van der Waals surface area contributed by atoms with Crippen LogP contribution in [-0.4, -0.2) is 54.6 Å². The standard InChI is InChI=1S/C24H19FN8O5/c1-13-8-21(29-24(34)16-9-19(37-2)20(38-3)10-18(16)33(35)36)32(30-13)23-17-11-28-31(22(17)26-12-27-23)15-6-4-14(25)5-7-15/h4-12H,1-3H3,(H,29,34). The minimum absolute atomic E-state index is 0.109. The van der Waals surface area contributed by atoms with Gasteiger partial charge in [0.2, 0.25) is 0 Å². The molecule has 0 spiro atoms. The smallest absolute Gasteiger partial charge is 0.286 e. The molecule has 14 heteroatoms. The molecule has 5 aromatic rings. The molecule has 1 N–H and O–H groups in total. The summed E-state index contributed by atoms with van der Waals surface area (Å²) in [4.78, 5) is 32.9.